The summed E-state index contributed by atoms with van der Waals surface area (Å²) in [6, 6.07) is 53.0. The zero-order chi connectivity index (χ0) is 33.0. The molecule has 0 fully saturated rings. The molecule has 0 amide bonds. The van der Waals surface area contributed by atoms with E-state index in [-0.39, 0.29) is 0 Å². The Morgan fingerprint density at radius 3 is 1.76 bits per heavy atom. The molecule has 0 bridgehead atoms. The first kappa shape index (κ1) is 28.1. The van der Waals surface area contributed by atoms with Gasteiger partial charge in [0.2, 0.25) is 5.89 Å². The minimum Gasteiger partial charge on any atom is -0.455 e. The van der Waals surface area contributed by atoms with E-state index in [0.717, 1.165) is 54.9 Å². The van der Waals surface area contributed by atoms with E-state index in [4.69, 9.17) is 28.8 Å². The number of rotatable bonds is 5. The fraction of sp³-hybridized carbons (Fsp3) is 0. The van der Waals surface area contributed by atoms with Gasteiger partial charge in [0.15, 0.2) is 23.1 Å². The van der Waals surface area contributed by atoms with Crippen molar-refractivity contribution in [3.8, 4) is 56.7 Å². The number of fused-ring (bicyclic) bond motifs is 6. The zero-order valence-corrected chi connectivity index (χ0v) is 26.6. The van der Waals surface area contributed by atoms with Gasteiger partial charge in [-0.05, 0) is 46.7 Å². The molecule has 0 unspecified atom stereocenters. The summed E-state index contributed by atoms with van der Waals surface area (Å²) in [6.45, 7) is 0. The van der Waals surface area contributed by atoms with Crippen molar-refractivity contribution in [1.82, 2.24) is 19.9 Å². The Balaban J connectivity index is 1.29. The molecule has 0 spiro atoms. The lowest BCUT2D eigenvalue weighted by Crippen LogP contribution is -2.01. The second-order valence-electron chi connectivity index (χ2n) is 12.2. The van der Waals surface area contributed by atoms with Crippen molar-refractivity contribution in [2.24, 2.45) is 0 Å². The van der Waals surface area contributed by atoms with Gasteiger partial charge in [-0.3, -0.25) is 0 Å². The fourth-order valence-corrected chi connectivity index (χ4v) is 6.85. The molecule has 0 saturated heterocycles. The lowest BCUT2D eigenvalue weighted by Gasteiger charge is -2.15. The molecule has 10 rings (SSSR count). The maximum atomic E-state index is 6.61. The van der Waals surface area contributed by atoms with E-state index in [9.17, 15) is 0 Å². The molecule has 0 radical (unpaired) electrons. The number of oxazole rings is 1. The number of para-hydroxylation sites is 1. The van der Waals surface area contributed by atoms with E-state index < -0.39 is 0 Å². The van der Waals surface area contributed by atoms with Crippen LogP contribution in [0.4, 0.5) is 0 Å². The molecule has 10 aromatic rings. The Morgan fingerprint density at radius 1 is 0.400 bits per heavy atom. The highest BCUT2D eigenvalue weighted by atomic mass is 16.4. The van der Waals surface area contributed by atoms with Gasteiger partial charge in [-0.25, -0.2) is 19.9 Å². The number of nitrogens with zero attached hydrogens (tertiary/aromatic N) is 4. The average Bonchev–Trinajstić information content (AvgIpc) is 3.80. The molecular formula is C44H26N4O2. The van der Waals surface area contributed by atoms with Crippen LogP contribution < -0.4 is 0 Å². The second kappa shape index (κ2) is 11.4. The van der Waals surface area contributed by atoms with Crippen LogP contribution in [0.25, 0.3) is 101 Å². The van der Waals surface area contributed by atoms with E-state index in [0.29, 0.717) is 45.6 Å². The fourth-order valence-electron chi connectivity index (χ4n) is 6.85. The van der Waals surface area contributed by atoms with E-state index in [1.165, 1.54) is 0 Å². The highest BCUT2D eigenvalue weighted by molar-refractivity contribution is 6.20. The van der Waals surface area contributed by atoms with Gasteiger partial charge < -0.3 is 8.83 Å². The normalized spacial score (nSPS) is 11.6. The van der Waals surface area contributed by atoms with Gasteiger partial charge in [0, 0.05) is 27.6 Å². The molecule has 6 nitrogen and oxygen atoms in total. The van der Waals surface area contributed by atoms with Crippen LogP contribution in [-0.2, 0) is 0 Å². The third-order valence-corrected chi connectivity index (χ3v) is 9.16. The topological polar surface area (TPSA) is 77.8 Å². The lowest BCUT2D eigenvalue weighted by molar-refractivity contribution is 0.622. The van der Waals surface area contributed by atoms with Gasteiger partial charge >= 0.3 is 0 Å². The van der Waals surface area contributed by atoms with Gasteiger partial charge in [-0.2, -0.15) is 0 Å². The SMILES string of the molecule is c1ccc(-c2nc(-c3ccc4ccccc4c3-c3ccccc3)nc(-c3cc4nc(-c5ccccc5)oc4c4c3oc3ccccc34)n2)cc1. The molecule has 3 aromatic heterocycles. The minimum absolute atomic E-state index is 0.483. The van der Waals surface area contributed by atoms with Crippen molar-refractivity contribution in [3.63, 3.8) is 0 Å². The van der Waals surface area contributed by atoms with Crippen molar-refractivity contribution in [2.75, 3.05) is 0 Å². The number of hydrogen-bond donors (Lipinski definition) is 0. The Morgan fingerprint density at radius 2 is 1.00 bits per heavy atom. The first-order valence-electron chi connectivity index (χ1n) is 16.5. The van der Waals surface area contributed by atoms with Gasteiger partial charge in [0.1, 0.15) is 16.7 Å². The molecular weight excluding hydrogens is 617 g/mol. The molecule has 6 heteroatoms. The van der Waals surface area contributed by atoms with Gasteiger partial charge in [0.05, 0.1) is 10.9 Å². The maximum Gasteiger partial charge on any atom is 0.227 e. The molecule has 0 N–H and O–H groups in total. The number of benzene rings is 7. The molecule has 234 valence electrons. The standard InChI is InChI=1S/C44H26N4O2/c1-4-15-28(16-5-1)37-31-21-11-10-14-27(31)24-25-33(37)42-46-41(29-17-6-2-7-18-29)47-43(48-42)34-26-35-40(50-44(45-35)30-19-8-3-9-20-30)38-32-22-12-13-23-36(32)49-39(34)38/h1-26H. The van der Waals surface area contributed by atoms with Gasteiger partial charge in [0.25, 0.3) is 0 Å². The highest BCUT2D eigenvalue weighted by Gasteiger charge is 2.24. The highest BCUT2D eigenvalue weighted by Crippen LogP contribution is 2.43. The Hall–Kier alpha value is -6.92. The van der Waals surface area contributed by atoms with E-state index in [2.05, 4.69) is 60.7 Å². The molecule has 0 saturated carbocycles. The van der Waals surface area contributed by atoms with Gasteiger partial charge in [-0.1, -0.05) is 127 Å². The minimum atomic E-state index is 0.483. The molecule has 0 aliphatic carbocycles. The van der Waals surface area contributed by atoms with E-state index in [1.807, 2.05) is 97.1 Å². The largest absolute Gasteiger partial charge is 0.455 e. The van der Waals surface area contributed by atoms with Crippen LogP contribution in [0.3, 0.4) is 0 Å². The third-order valence-electron chi connectivity index (χ3n) is 9.16. The third kappa shape index (κ3) is 4.58. The van der Waals surface area contributed by atoms with Crippen molar-refractivity contribution in [1.29, 1.82) is 0 Å². The first-order valence-corrected chi connectivity index (χ1v) is 16.5. The predicted molar refractivity (Wildman–Crippen MR) is 199 cm³/mol. The summed E-state index contributed by atoms with van der Waals surface area (Å²) in [5, 5.41) is 4.03. The Kier molecular flexibility index (Phi) is 6.39. The molecule has 3 heterocycles. The summed E-state index contributed by atoms with van der Waals surface area (Å²) in [5.74, 6) is 2.14. The van der Waals surface area contributed by atoms with E-state index in [1.54, 1.807) is 0 Å². The summed E-state index contributed by atoms with van der Waals surface area (Å²) in [5.41, 5.74) is 8.26. The molecule has 0 aliphatic rings. The first-order chi connectivity index (χ1) is 24.8. The van der Waals surface area contributed by atoms with Crippen LogP contribution in [0.2, 0.25) is 0 Å². The maximum absolute atomic E-state index is 6.61. The molecule has 7 aromatic carbocycles. The molecule has 50 heavy (non-hydrogen) atoms. The van der Waals surface area contributed by atoms with Crippen LogP contribution in [0.5, 0.6) is 0 Å². The smallest absolute Gasteiger partial charge is 0.227 e. The Bertz CT molecular complexity index is 2860. The second-order valence-corrected chi connectivity index (χ2v) is 12.2. The van der Waals surface area contributed by atoms with Crippen LogP contribution >= 0.6 is 0 Å². The van der Waals surface area contributed by atoms with Crippen LogP contribution in [0, 0.1) is 0 Å². The summed E-state index contributed by atoms with van der Waals surface area (Å²) >= 11 is 0. The number of aromatic nitrogens is 4. The van der Waals surface area contributed by atoms with Crippen molar-refractivity contribution in [2.45, 2.75) is 0 Å². The zero-order valence-electron chi connectivity index (χ0n) is 26.6. The summed E-state index contributed by atoms with van der Waals surface area (Å²) < 4.78 is 13.1. The number of furan rings is 1. The van der Waals surface area contributed by atoms with Crippen molar-refractivity contribution >= 4 is 43.8 Å². The van der Waals surface area contributed by atoms with E-state index >= 15 is 0 Å². The quantitative estimate of drug-likeness (QED) is 0.186. The average molecular weight is 643 g/mol. The van der Waals surface area contributed by atoms with Crippen LogP contribution in [0.1, 0.15) is 0 Å². The molecule has 0 atom stereocenters. The summed E-state index contributed by atoms with van der Waals surface area (Å²) in [7, 11) is 0. The monoisotopic (exact) mass is 642 g/mol. The van der Waals surface area contributed by atoms with Crippen molar-refractivity contribution < 1.29 is 8.83 Å². The number of hydrogen-bond acceptors (Lipinski definition) is 6. The summed E-state index contributed by atoms with van der Waals surface area (Å²) in [6.07, 6.45) is 0. The van der Waals surface area contributed by atoms with Crippen LogP contribution in [0.15, 0.2) is 167 Å². The molecule has 0 aliphatic heterocycles. The lowest BCUT2D eigenvalue weighted by atomic mass is 9.93. The van der Waals surface area contributed by atoms with Gasteiger partial charge in [-0.15, -0.1) is 0 Å². The predicted octanol–water partition coefficient (Wildman–Crippen LogP) is 11.4. The summed E-state index contributed by atoms with van der Waals surface area (Å²) in [4.78, 5) is 20.5. The van der Waals surface area contributed by atoms with Crippen LogP contribution in [-0.4, -0.2) is 19.9 Å². The van der Waals surface area contributed by atoms with Crippen molar-refractivity contribution in [3.05, 3.63) is 158 Å². The Labute approximate surface area is 286 Å².